The zero-order valence-corrected chi connectivity index (χ0v) is 33.5. The minimum absolute atomic E-state index is 0.220. The zero-order valence-electron chi connectivity index (χ0n) is 33.5. The molecule has 6 atom stereocenters. The van der Waals surface area contributed by atoms with Crippen LogP contribution < -0.4 is 0 Å². The lowest BCUT2D eigenvalue weighted by Gasteiger charge is -2.39. The summed E-state index contributed by atoms with van der Waals surface area (Å²) in [5.74, 6) is -0.825. The Kier molecular flexibility index (Phi) is 32.2. The van der Waals surface area contributed by atoms with Gasteiger partial charge in [-0.2, -0.15) is 0 Å². The molecule has 10 heteroatoms. The normalized spacial score (nSPS) is 21.1. The molecule has 0 amide bonds. The van der Waals surface area contributed by atoms with Crippen LogP contribution in [0.5, 0.6) is 0 Å². The largest absolute Gasteiger partial charge is 0.462 e. The smallest absolute Gasteiger partial charge is 0.306 e. The van der Waals surface area contributed by atoms with Crippen molar-refractivity contribution < 1.29 is 49.0 Å². The molecule has 53 heavy (non-hydrogen) atoms. The standard InChI is InChI=1S/C43H78O10/c1-3-5-7-9-11-13-15-17-18-19-20-22-24-26-28-30-32-39(46)52-36(35-51-43-42(49)41(48)40(47)37(33-44)53-43)34-50-38(45)31-29-27-25-23-21-16-14-12-10-8-6-4-2/h12,14,18-19,36-37,40-44,47-49H,3-11,13,15-17,20-35H2,1-2H3/b14-12-,19-18-. The van der Waals surface area contributed by atoms with E-state index in [2.05, 4.69) is 38.2 Å². The highest BCUT2D eigenvalue weighted by molar-refractivity contribution is 5.70. The molecule has 0 aromatic carbocycles. The minimum Gasteiger partial charge on any atom is -0.462 e. The number of hydrogen-bond donors (Lipinski definition) is 4. The van der Waals surface area contributed by atoms with Crippen molar-refractivity contribution in [1.82, 2.24) is 0 Å². The number of carbonyl (C=O) groups excluding carboxylic acids is 2. The van der Waals surface area contributed by atoms with Gasteiger partial charge in [0, 0.05) is 12.8 Å². The maximum atomic E-state index is 12.7. The second-order valence-electron chi connectivity index (χ2n) is 14.8. The van der Waals surface area contributed by atoms with Crippen LogP contribution in [-0.2, 0) is 28.5 Å². The van der Waals surface area contributed by atoms with E-state index in [4.69, 9.17) is 18.9 Å². The average molecular weight is 755 g/mol. The maximum absolute atomic E-state index is 12.7. The lowest BCUT2D eigenvalue weighted by atomic mass is 9.99. The van der Waals surface area contributed by atoms with Gasteiger partial charge in [-0.05, 0) is 64.2 Å². The Hall–Kier alpha value is -1.82. The molecule has 0 aromatic heterocycles. The fraction of sp³-hybridized carbons (Fsp3) is 0.860. The van der Waals surface area contributed by atoms with Gasteiger partial charge in [-0.25, -0.2) is 0 Å². The molecule has 1 heterocycles. The van der Waals surface area contributed by atoms with Gasteiger partial charge in [0.25, 0.3) is 0 Å². The molecule has 10 nitrogen and oxygen atoms in total. The van der Waals surface area contributed by atoms with Gasteiger partial charge < -0.3 is 39.4 Å². The third-order valence-electron chi connectivity index (χ3n) is 9.81. The van der Waals surface area contributed by atoms with Gasteiger partial charge in [0.2, 0.25) is 0 Å². The Bertz CT molecular complexity index is 923. The minimum atomic E-state index is -1.59. The molecule has 1 aliphatic heterocycles. The number of esters is 2. The summed E-state index contributed by atoms with van der Waals surface area (Å²) in [6.45, 7) is 3.37. The van der Waals surface area contributed by atoms with Crippen molar-refractivity contribution >= 4 is 11.9 Å². The summed E-state index contributed by atoms with van der Waals surface area (Å²) in [5, 5.41) is 40.0. The highest BCUT2D eigenvalue weighted by atomic mass is 16.7. The van der Waals surface area contributed by atoms with Crippen molar-refractivity contribution in [3.05, 3.63) is 24.3 Å². The molecule has 0 spiro atoms. The number of hydrogen-bond acceptors (Lipinski definition) is 10. The zero-order chi connectivity index (χ0) is 38.8. The van der Waals surface area contributed by atoms with Crippen LogP contribution in [0.3, 0.4) is 0 Å². The van der Waals surface area contributed by atoms with E-state index in [1.54, 1.807) is 0 Å². The summed E-state index contributed by atoms with van der Waals surface area (Å²) in [6.07, 6.45) is 29.0. The van der Waals surface area contributed by atoms with Gasteiger partial charge >= 0.3 is 11.9 Å². The number of carbonyl (C=O) groups is 2. The summed E-state index contributed by atoms with van der Waals surface area (Å²) in [5.41, 5.74) is 0. The van der Waals surface area contributed by atoms with E-state index >= 15 is 0 Å². The third kappa shape index (κ3) is 26.6. The average Bonchev–Trinajstić information content (AvgIpc) is 3.15. The lowest BCUT2D eigenvalue weighted by molar-refractivity contribution is -0.305. The fourth-order valence-corrected chi connectivity index (χ4v) is 6.35. The van der Waals surface area contributed by atoms with Crippen molar-refractivity contribution in [1.29, 1.82) is 0 Å². The number of aliphatic hydroxyl groups excluding tert-OH is 4. The highest BCUT2D eigenvalue weighted by Gasteiger charge is 2.44. The molecular formula is C43H78O10. The Balaban J connectivity index is 2.36. The van der Waals surface area contributed by atoms with Crippen LogP contribution >= 0.6 is 0 Å². The Labute approximate surface area is 322 Å². The lowest BCUT2D eigenvalue weighted by Crippen LogP contribution is -2.59. The van der Waals surface area contributed by atoms with Crippen LogP contribution in [0, 0.1) is 0 Å². The van der Waals surface area contributed by atoms with Gasteiger partial charge in [-0.1, -0.05) is 128 Å². The molecule has 0 aliphatic carbocycles. The highest BCUT2D eigenvalue weighted by Crippen LogP contribution is 2.22. The van der Waals surface area contributed by atoms with E-state index in [0.717, 1.165) is 70.6 Å². The van der Waals surface area contributed by atoms with Crippen LogP contribution in [0.25, 0.3) is 0 Å². The quantitative estimate of drug-likeness (QED) is 0.0281. The number of rotatable bonds is 35. The molecule has 1 fully saturated rings. The van der Waals surface area contributed by atoms with E-state index in [-0.39, 0.29) is 32.0 Å². The summed E-state index contributed by atoms with van der Waals surface area (Å²) in [6, 6.07) is 0. The molecule has 1 rings (SSSR count). The van der Waals surface area contributed by atoms with Gasteiger partial charge in [-0.15, -0.1) is 0 Å². The summed E-state index contributed by atoms with van der Waals surface area (Å²) >= 11 is 0. The Morgan fingerprint density at radius 1 is 0.566 bits per heavy atom. The first-order chi connectivity index (χ1) is 25.8. The van der Waals surface area contributed by atoms with Crippen LogP contribution in [0.15, 0.2) is 24.3 Å². The molecule has 4 N–H and O–H groups in total. The van der Waals surface area contributed by atoms with Gasteiger partial charge in [-0.3, -0.25) is 9.59 Å². The second kappa shape index (κ2) is 34.7. The SMILES string of the molecule is CCCCC/C=C\CCCCCCCC(=O)OCC(COC1OC(CO)C(O)C(O)C1O)OC(=O)CCCCCCC/C=C\CCCCCCCCC. The first kappa shape index (κ1) is 49.2. The molecule has 310 valence electrons. The predicted molar refractivity (Wildman–Crippen MR) is 210 cm³/mol. The second-order valence-corrected chi connectivity index (χ2v) is 14.8. The van der Waals surface area contributed by atoms with Gasteiger partial charge in [0.1, 0.15) is 31.0 Å². The predicted octanol–water partition coefficient (Wildman–Crippen LogP) is 8.55. The van der Waals surface area contributed by atoms with E-state index in [0.29, 0.717) is 12.8 Å². The summed E-state index contributed by atoms with van der Waals surface area (Å²) < 4.78 is 22.1. The van der Waals surface area contributed by atoms with Crippen molar-refractivity contribution in [2.75, 3.05) is 19.8 Å². The summed E-state index contributed by atoms with van der Waals surface area (Å²) in [4.78, 5) is 25.2. The first-order valence-corrected chi connectivity index (χ1v) is 21.4. The fourth-order valence-electron chi connectivity index (χ4n) is 6.35. The van der Waals surface area contributed by atoms with Crippen LogP contribution in [0.2, 0.25) is 0 Å². The van der Waals surface area contributed by atoms with E-state index < -0.39 is 49.4 Å². The number of ether oxygens (including phenoxy) is 4. The molecular weight excluding hydrogens is 676 g/mol. The van der Waals surface area contributed by atoms with Crippen molar-refractivity contribution in [2.24, 2.45) is 0 Å². The third-order valence-corrected chi connectivity index (χ3v) is 9.81. The monoisotopic (exact) mass is 755 g/mol. The van der Waals surface area contributed by atoms with Crippen LogP contribution in [0.4, 0.5) is 0 Å². The maximum Gasteiger partial charge on any atom is 0.306 e. The topological polar surface area (TPSA) is 152 Å². The number of allylic oxidation sites excluding steroid dienone is 4. The van der Waals surface area contributed by atoms with E-state index in [1.807, 2.05) is 0 Å². The molecule has 0 aromatic rings. The van der Waals surface area contributed by atoms with Gasteiger partial charge in [0.15, 0.2) is 12.4 Å². The molecule has 0 radical (unpaired) electrons. The number of unbranched alkanes of at least 4 members (excludes halogenated alkanes) is 20. The van der Waals surface area contributed by atoms with Crippen LogP contribution in [-0.4, -0.2) is 89.0 Å². The van der Waals surface area contributed by atoms with Gasteiger partial charge in [0.05, 0.1) is 13.2 Å². The Morgan fingerprint density at radius 2 is 1.00 bits per heavy atom. The van der Waals surface area contributed by atoms with Crippen LogP contribution in [0.1, 0.15) is 181 Å². The Morgan fingerprint density at radius 3 is 1.51 bits per heavy atom. The van der Waals surface area contributed by atoms with E-state index in [1.165, 1.54) is 70.6 Å². The first-order valence-electron chi connectivity index (χ1n) is 21.4. The van der Waals surface area contributed by atoms with Crippen molar-refractivity contribution in [3.63, 3.8) is 0 Å². The summed E-state index contributed by atoms with van der Waals surface area (Å²) in [7, 11) is 0. The van der Waals surface area contributed by atoms with Crippen molar-refractivity contribution in [2.45, 2.75) is 218 Å². The number of aliphatic hydroxyl groups is 4. The molecule has 1 aliphatic rings. The molecule has 6 unspecified atom stereocenters. The van der Waals surface area contributed by atoms with E-state index in [9.17, 15) is 30.0 Å². The molecule has 0 bridgehead atoms. The molecule has 0 saturated carbocycles. The molecule has 1 saturated heterocycles. The van der Waals surface area contributed by atoms with Crippen molar-refractivity contribution in [3.8, 4) is 0 Å².